The largest absolute Gasteiger partial charge is 0.0885 e. The van der Waals surface area contributed by atoms with Gasteiger partial charge in [0.25, 0.3) is 0 Å². The molecule has 134 valence electrons. The van der Waals surface area contributed by atoms with Crippen LogP contribution in [0.15, 0.2) is 12.2 Å². The minimum atomic E-state index is 0.907. The molecule has 0 saturated heterocycles. The van der Waals surface area contributed by atoms with Crippen LogP contribution in [0, 0.1) is 23.7 Å². The number of rotatable bonds is 9. The van der Waals surface area contributed by atoms with E-state index in [-0.39, 0.29) is 0 Å². The van der Waals surface area contributed by atoms with E-state index in [2.05, 4.69) is 26.0 Å². The lowest BCUT2D eigenvalue weighted by Crippen LogP contribution is -2.15. The quantitative estimate of drug-likeness (QED) is 0.299. The number of allylic oxidation sites excluding steroid dienone is 2. The fraction of sp³-hybridized carbons (Fsp3) is 0.913. The summed E-state index contributed by atoms with van der Waals surface area (Å²) in [5.41, 5.74) is 0. The van der Waals surface area contributed by atoms with Crippen molar-refractivity contribution >= 4 is 0 Å². The van der Waals surface area contributed by atoms with Crippen LogP contribution in [0.2, 0.25) is 0 Å². The van der Waals surface area contributed by atoms with Crippen LogP contribution in [0.5, 0.6) is 0 Å². The minimum Gasteiger partial charge on any atom is -0.0885 e. The molecule has 0 radical (unpaired) electrons. The van der Waals surface area contributed by atoms with E-state index in [1.165, 1.54) is 83.5 Å². The van der Waals surface area contributed by atoms with Gasteiger partial charge in [-0.3, -0.25) is 0 Å². The highest BCUT2D eigenvalue weighted by molar-refractivity contribution is 4.90. The van der Waals surface area contributed by atoms with Gasteiger partial charge in [0.15, 0.2) is 0 Å². The third-order valence-electron chi connectivity index (χ3n) is 6.67. The first-order valence-corrected chi connectivity index (χ1v) is 11.0. The molecule has 0 spiro atoms. The molecule has 0 nitrogen and oxygen atoms in total. The van der Waals surface area contributed by atoms with Gasteiger partial charge in [-0.2, -0.15) is 0 Å². The summed E-state index contributed by atoms with van der Waals surface area (Å²) in [5.74, 6) is 4.12. The first kappa shape index (κ1) is 19.1. The first-order valence-electron chi connectivity index (χ1n) is 11.0. The van der Waals surface area contributed by atoms with Gasteiger partial charge >= 0.3 is 0 Å². The van der Waals surface area contributed by atoms with E-state index in [0.717, 1.165) is 23.7 Å². The molecule has 0 bridgehead atoms. The Kier molecular flexibility index (Phi) is 9.39. The Bertz CT molecular complexity index is 300. The number of unbranched alkanes of at least 4 members (excludes halogenated alkanes) is 1. The molecule has 2 saturated carbocycles. The van der Waals surface area contributed by atoms with Gasteiger partial charge in [-0.1, -0.05) is 90.2 Å². The molecule has 0 unspecified atom stereocenters. The molecule has 2 aliphatic carbocycles. The molecule has 0 aromatic heterocycles. The van der Waals surface area contributed by atoms with E-state index in [4.69, 9.17) is 0 Å². The van der Waals surface area contributed by atoms with Crippen molar-refractivity contribution in [1.82, 2.24) is 0 Å². The lowest BCUT2D eigenvalue weighted by molar-refractivity contribution is 0.242. The van der Waals surface area contributed by atoms with E-state index in [0.29, 0.717) is 0 Å². The summed E-state index contributed by atoms with van der Waals surface area (Å²) in [4.78, 5) is 0. The van der Waals surface area contributed by atoms with Gasteiger partial charge in [-0.05, 0) is 55.8 Å². The molecule has 0 aromatic rings. The predicted octanol–water partition coefficient (Wildman–Crippen LogP) is 7.93. The summed E-state index contributed by atoms with van der Waals surface area (Å²) in [7, 11) is 0. The van der Waals surface area contributed by atoms with Crippen molar-refractivity contribution in [3.05, 3.63) is 12.2 Å². The second kappa shape index (κ2) is 11.3. The Morgan fingerprint density at radius 3 is 1.61 bits per heavy atom. The van der Waals surface area contributed by atoms with Gasteiger partial charge in [-0.25, -0.2) is 0 Å². The molecule has 2 fully saturated rings. The molecule has 0 aliphatic heterocycles. The molecule has 0 amide bonds. The van der Waals surface area contributed by atoms with E-state index < -0.39 is 0 Å². The van der Waals surface area contributed by atoms with Crippen LogP contribution in [-0.4, -0.2) is 0 Å². The van der Waals surface area contributed by atoms with Crippen molar-refractivity contribution in [2.45, 2.75) is 110 Å². The van der Waals surface area contributed by atoms with Gasteiger partial charge in [0, 0.05) is 0 Å². The Morgan fingerprint density at radius 1 is 0.652 bits per heavy atom. The van der Waals surface area contributed by atoms with Gasteiger partial charge in [0.1, 0.15) is 0 Å². The number of hydrogen-bond acceptors (Lipinski definition) is 0. The Morgan fingerprint density at radius 2 is 1.13 bits per heavy atom. The van der Waals surface area contributed by atoms with Crippen molar-refractivity contribution in [1.29, 1.82) is 0 Å². The van der Waals surface area contributed by atoms with E-state index >= 15 is 0 Å². The van der Waals surface area contributed by atoms with Crippen molar-refractivity contribution in [2.24, 2.45) is 23.7 Å². The van der Waals surface area contributed by atoms with Crippen LogP contribution in [-0.2, 0) is 0 Å². The molecule has 0 heterocycles. The third-order valence-corrected chi connectivity index (χ3v) is 6.67. The van der Waals surface area contributed by atoms with Gasteiger partial charge < -0.3 is 0 Å². The lowest BCUT2D eigenvalue weighted by Gasteiger charge is -2.29. The topological polar surface area (TPSA) is 0 Å². The molecule has 0 heteroatoms. The Hall–Kier alpha value is -0.260. The molecule has 0 atom stereocenters. The highest BCUT2D eigenvalue weighted by Crippen LogP contribution is 2.35. The van der Waals surface area contributed by atoms with E-state index in [1.807, 2.05) is 0 Å². The van der Waals surface area contributed by atoms with Crippen molar-refractivity contribution in [2.75, 3.05) is 0 Å². The molecule has 23 heavy (non-hydrogen) atoms. The van der Waals surface area contributed by atoms with Crippen LogP contribution >= 0.6 is 0 Å². The first-order chi connectivity index (χ1) is 11.3. The Labute approximate surface area is 146 Å². The highest BCUT2D eigenvalue weighted by atomic mass is 14.3. The van der Waals surface area contributed by atoms with Crippen molar-refractivity contribution in [3.8, 4) is 0 Å². The zero-order chi connectivity index (χ0) is 16.3. The molecule has 2 rings (SSSR count). The van der Waals surface area contributed by atoms with Crippen molar-refractivity contribution < 1.29 is 0 Å². The average molecular weight is 319 g/mol. The molecule has 0 aromatic carbocycles. The summed E-state index contributed by atoms with van der Waals surface area (Å²) >= 11 is 0. The van der Waals surface area contributed by atoms with Crippen LogP contribution < -0.4 is 0 Å². The summed E-state index contributed by atoms with van der Waals surface area (Å²) in [6.07, 6.45) is 27.1. The maximum atomic E-state index is 2.49. The van der Waals surface area contributed by atoms with Crippen LogP contribution in [0.3, 0.4) is 0 Å². The van der Waals surface area contributed by atoms with Crippen LogP contribution in [0.25, 0.3) is 0 Å². The summed E-state index contributed by atoms with van der Waals surface area (Å²) in [5, 5.41) is 0. The number of hydrogen-bond donors (Lipinski definition) is 0. The smallest absolute Gasteiger partial charge is 0.0233 e. The lowest BCUT2D eigenvalue weighted by atomic mass is 9.77. The second-order valence-corrected chi connectivity index (χ2v) is 8.58. The van der Waals surface area contributed by atoms with Crippen LogP contribution in [0.4, 0.5) is 0 Å². The SMILES string of the molecule is CC/C=C/C1CCC(CCCC[C@H]2CC[C@H](CCC)CC2)CC1. The average Bonchev–Trinajstić information content (AvgIpc) is 2.59. The summed E-state index contributed by atoms with van der Waals surface area (Å²) < 4.78 is 0. The fourth-order valence-corrected chi connectivity index (χ4v) is 5.08. The molecule has 0 N–H and O–H groups in total. The second-order valence-electron chi connectivity index (χ2n) is 8.58. The Balaban J connectivity index is 1.48. The highest BCUT2D eigenvalue weighted by Gasteiger charge is 2.21. The fourth-order valence-electron chi connectivity index (χ4n) is 5.08. The van der Waals surface area contributed by atoms with E-state index in [1.54, 1.807) is 12.8 Å². The minimum absolute atomic E-state index is 0.907. The molecular weight excluding hydrogens is 276 g/mol. The van der Waals surface area contributed by atoms with Crippen molar-refractivity contribution in [3.63, 3.8) is 0 Å². The van der Waals surface area contributed by atoms with Gasteiger partial charge in [0.2, 0.25) is 0 Å². The van der Waals surface area contributed by atoms with E-state index in [9.17, 15) is 0 Å². The molecule has 2 aliphatic rings. The maximum Gasteiger partial charge on any atom is -0.0233 e. The summed E-state index contributed by atoms with van der Waals surface area (Å²) in [6, 6.07) is 0. The maximum absolute atomic E-state index is 2.49. The van der Waals surface area contributed by atoms with Gasteiger partial charge in [-0.15, -0.1) is 0 Å². The zero-order valence-electron chi connectivity index (χ0n) is 16.1. The summed E-state index contributed by atoms with van der Waals surface area (Å²) in [6.45, 7) is 4.60. The third kappa shape index (κ3) is 7.44. The van der Waals surface area contributed by atoms with Crippen LogP contribution in [0.1, 0.15) is 110 Å². The van der Waals surface area contributed by atoms with Gasteiger partial charge in [0.05, 0.1) is 0 Å². The monoisotopic (exact) mass is 318 g/mol. The normalized spacial score (nSPS) is 32.4. The standard InChI is InChI=1S/C23H42/c1-3-5-9-21-16-18-23(19-17-21)11-7-6-10-22-14-12-20(8-4-2)13-15-22/h5,9,20-23H,3-4,6-8,10-19H2,1-2H3/b9-5+/t20-,21?,22-,23?. The predicted molar refractivity (Wildman–Crippen MR) is 104 cm³/mol. The molecular formula is C23H42. The zero-order valence-corrected chi connectivity index (χ0v) is 16.1.